The third kappa shape index (κ3) is 3.35. The highest BCUT2D eigenvalue weighted by Gasteiger charge is 2.03. The summed E-state index contributed by atoms with van der Waals surface area (Å²) in [6.45, 7) is 2.76. The number of aromatic nitrogens is 1. The fraction of sp³-hybridized carbons (Fsp3) is 0.500. The van der Waals surface area contributed by atoms with Gasteiger partial charge in [-0.1, -0.05) is 24.9 Å². The highest BCUT2D eigenvalue weighted by atomic mass is 35.5. The zero-order valence-electron chi connectivity index (χ0n) is 8.09. The molecular weight excluding hydrogens is 221 g/mol. The molecule has 0 saturated carbocycles. The van der Waals surface area contributed by atoms with Crippen LogP contribution in [-0.2, 0) is 5.88 Å². The molecule has 0 aliphatic carbocycles. The Morgan fingerprint density at radius 1 is 1.50 bits per heavy atom. The standard InChI is InChI=1S/C10H13Cl2NO/c1-2-3-4-14-10-9(12)5-8(6-11)7-13-10/h5,7H,2-4,6H2,1H3. The molecule has 0 atom stereocenters. The smallest absolute Gasteiger partial charge is 0.232 e. The topological polar surface area (TPSA) is 22.1 Å². The summed E-state index contributed by atoms with van der Waals surface area (Å²) >= 11 is 11.6. The highest BCUT2D eigenvalue weighted by Crippen LogP contribution is 2.23. The molecule has 1 rings (SSSR count). The highest BCUT2D eigenvalue weighted by molar-refractivity contribution is 6.32. The molecule has 0 aliphatic heterocycles. The molecule has 0 fully saturated rings. The molecule has 0 bridgehead atoms. The molecule has 0 saturated heterocycles. The zero-order valence-corrected chi connectivity index (χ0v) is 9.61. The molecule has 2 nitrogen and oxygen atoms in total. The predicted octanol–water partition coefficient (Wildman–Crippen LogP) is 3.65. The van der Waals surface area contributed by atoms with Gasteiger partial charge in [0.15, 0.2) is 0 Å². The van der Waals surface area contributed by atoms with Gasteiger partial charge in [0, 0.05) is 12.1 Å². The van der Waals surface area contributed by atoms with E-state index < -0.39 is 0 Å². The summed E-state index contributed by atoms with van der Waals surface area (Å²) in [5.74, 6) is 0.913. The molecule has 4 heteroatoms. The Morgan fingerprint density at radius 3 is 2.86 bits per heavy atom. The van der Waals surface area contributed by atoms with Crippen LogP contribution in [0, 0.1) is 0 Å². The van der Waals surface area contributed by atoms with Gasteiger partial charge in [-0.25, -0.2) is 4.98 Å². The van der Waals surface area contributed by atoms with Crippen LogP contribution in [0.25, 0.3) is 0 Å². The van der Waals surface area contributed by atoms with Crippen LogP contribution < -0.4 is 4.74 Å². The van der Waals surface area contributed by atoms with Crippen molar-refractivity contribution in [1.29, 1.82) is 0 Å². The summed E-state index contributed by atoms with van der Waals surface area (Å²) in [5.41, 5.74) is 0.902. The molecule has 1 aromatic rings. The van der Waals surface area contributed by atoms with E-state index in [0.717, 1.165) is 18.4 Å². The van der Waals surface area contributed by atoms with Crippen LogP contribution in [0.2, 0.25) is 5.02 Å². The second-order valence-corrected chi connectivity index (χ2v) is 3.64. The Hall–Kier alpha value is -0.470. The summed E-state index contributed by atoms with van der Waals surface area (Å²) in [6.07, 6.45) is 3.78. The van der Waals surface area contributed by atoms with Crippen molar-refractivity contribution in [3.8, 4) is 5.88 Å². The van der Waals surface area contributed by atoms with Gasteiger partial charge in [-0.05, 0) is 18.1 Å². The quantitative estimate of drug-likeness (QED) is 0.573. The molecule has 1 aromatic heterocycles. The molecule has 0 aromatic carbocycles. The summed E-state index contributed by atoms with van der Waals surface area (Å²) in [4.78, 5) is 4.08. The van der Waals surface area contributed by atoms with E-state index in [0.29, 0.717) is 23.4 Å². The molecule has 1 heterocycles. The summed E-state index contributed by atoms with van der Waals surface area (Å²) in [6, 6.07) is 1.78. The largest absolute Gasteiger partial charge is 0.477 e. The zero-order chi connectivity index (χ0) is 10.4. The van der Waals surface area contributed by atoms with Crippen LogP contribution >= 0.6 is 23.2 Å². The SMILES string of the molecule is CCCCOc1ncc(CCl)cc1Cl. The van der Waals surface area contributed by atoms with Gasteiger partial charge in [0.25, 0.3) is 0 Å². The van der Waals surface area contributed by atoms with E-state index >= 15 is 0 Å². The minimum Gasteiger partial charge on any atom is -0.477 e. The normalized spacial score (nSPS) is 10.2. The third-order valence-corrected chi connectivity index (χ3v) is 2.33. The number of pyridine rings is 1. The number of nitrogens with zero attached hydrogens (tertiary/aromatic N) is 1. The first kappa shape index (κ1) is 11.6. The molecular formula is C10H13Cl2NO. The van der Waals surface area contributed by atoms with Crippen molar-refractivity contribution in [2.24, 2.45) is 0 Å². The molecule has 0 unspecified atom stereocenters. The minimum absolute atomic E-state index is 0.419. The average molecular weight is 234 g/mol. The van der Waals surface area contributed by atoms with Gasteiger partial charge >= 0.3 is 0 Å². The van der Waals surface area contributed by atoms with E-state index in [2.05, 4.69) is 11.9 Å². The lowest BCUT2D eigenvalue weighted by molar-refractivity contribution is 0.298. The molecule has 0 spiro atoms. The van der Waals surface area contributed by atoms with Crippen LogP contribution in [0.15, 0.2) is 12.3 Å². The van der Waals surface area contributed by atoms with Crippen LogP contribution in [0.4, 0.5) is 0 Å². The number of halogens is 2. The Morgan fingerprint density at radius 2 is 2.29 bits per heavy atom. The van der Waals surface area contributed by atoms with Gasteiger partial charge in [0.1, 0.15) is 5.02 Å². The van der Waals surface area contributed by atoms with Crippen molar-refractivity contribution >= 4 is 23.2 Å². The van der Waals surface area contributed by atoms with Crippen molar-refractivity contribution in [2.75, 3.05) is 6.61 Å². The van der Waals surface area contributed by atoms with E-state index in [1.165, 1.54) is 0 Å². The second-order valence-electron chi connectivity index (χ2n) is 2.97. The average Bonchev–Trinajstić information content (AvgIpc) is 2.20. The lowest BCUT2D eigenvalue weighted by Gasteiger charge is -2.06. The van der Waals surface area contributed by atoms with E-state index in [9.17, 15) is 0 Å². The van der Waals surface area contributed by atoms with E-state index in [4.69, 9.17) is 27.9 Å². The maximum absolute atomic E-state index is 5.94. The summed E-state index contributed by atoms with van der Waals surface area (Å²) in [7, 11) is 0. The Bertz CT molecular complexity index is 291. The molecule has 0 N–H and O–H groups in total. The van der Waals surface area contributed by atoms with E-state index in [1.807, 2.05) is 0 Å². The second kappa shape index (κ2) is 6.10. The van der Waals surface area contributed by atoms with Crippen molar-refractivity contribution in [1.82, 2.24) is 4.98 Å². The number of ether oxygens (including phenoxy) is 1. The first-order valence-electron chi connectivity index (χ1n) is 4.61. The van der Waals surface area contributed by atoms with Gasteiger partial charge < -0.3 is 4.74 Å². The monoisotopic (exact) mass is 233 g/mol. The summed E-state index contributed by atoms with van der Waals surface area (Å²) < 4.78 is 5.39. The fourth-order valence-electron chi connectivity index (χ4n) is 0.957. The Labute approximate surface area is 94.2 Å². The Kier molecular flexibility index (Phi) is 5.05. The number of hydrogen-bond donors (Lipinski definition) is 0. The van der Waals surface area contributed by atoms with Crippen molar-refractivity contribution in [3.63, 3.8) is 0 Å². The van der Waals surface area contributed by atoms with Crippen molar-refractivity contribution in [3.05, 3.63) is 22.8 Å². The maximum atomic E-state index is 5.94. The van der Waals surface area contributed by atoms with Gasteiger partial charge in [-0.3, -0.25) is 0 Å². The van der Waals surface area contributed by atoms with Crippen molar-refractivity contribution < 1.29 is 4.74 Å². The maximum Gasteiger partial charge on any atom is 0.232 e. The summed E-state index contributed by atoms with van der Waals surface area (Å²) in [5, 5.41) is 0.527. The Balaban J connectivity index is 2.59. The molecule has 0 amide bonds. The minimum atomic E-state index is 0.419. The predicted molar refractivity (Wildman–Crippen MR) is 59.2 cm³/mol. The fourth-order valence-corrected chi connectivity index (χ4v) is 1.35. The van der Waals surface area contributed by atoms with Gasteiger partial charge in [0.2, 0.25) is 5.88 Å². The third-order valence-electron chi connectivity index (χ3n) is 1.76. The molecule has 14 heavy (non-hydrogen) atoms. The first-order valence-corrected chi connectivity index (χ1v) is 5.52. The van der Waals surface area contributed by atoms with Crippen LogP contribution in [0.1, 0.15) is 25.3 Å². The lowest BCUT2D eigenvalue weighted by atomic mass is 10.3. The van der Waals surface area contributed by atoms with Crippen molar-refractivity contribution in [2.45, 2.75) is 25.6 Å². The van der Waals surface area contributed by atoms with E-state index in [-0.39, 0.29) is 0 Å². The van der Waals surface area contributed by atoms with Gasteiger partial charge in [-0.2, -0.15) is 0 Å². The number of rotatable bonds is 5. The van der Waals surface area contributed by atoms with Crippen LogP contribution in [0.3, 0.4) is 0 Å². The van der Waals surface area contributed by atoms with Crippen LogP contribution in [-0.4, -0.2) is 11.6 Å². The lowest BCUT2D eigenvalue weighted by Crippen LogP contribution is -1.99. The van der Waals surface area contributed by atoms with Gasteiger partial charge in [-0.15, -0.1) is 11.6 Å². The number of unbranched alkanes of at least 4 members (excludes halogenated alkanes) is 1. The van der Waals surface area contributed by atoms with Crippen LogP contribution in [0.5, 0.6) is 5.88 Å². The molecule has 78 valence electrons. The van der Waals surface area contributed by atoms with Gasteiger partial charge in [0.05, 0.1) is 6.61 Å². The number of hydrogen-bond acceptors (Lipinski definition) is 2. The first-order chi connectivity index (χ1) is 6.77. The van der Waals surface area contributed by atoms with E-state index in [1.54, 1.807) is 12.3 Å². The molecule has 0 aliphatic rings. The number of alkyl halides is 1. The molecule has 0 radical (unpaired) electrons.